The predicted molar refractivity (Wildman–Crippen MR) is 90.5 cm³/mol. The van der Waals surface area contributed by atoms with E-state index in [1.807, 2.05) is 0 Å². The van der Waals surface area contributed by atoms with Crippen LogP contribution in [0, 0.1) is 0 Å². The van der Waals surface area contributed by atoms with E-state index < -0.39 is 41.9 Å². The molecule has 0 aliphatic rings. The summed E-state index contributed by atoms with van der Waals surface area (Å²) in [5.41, 5.74) is 4.55. The van der Waals surface area contributed by atoms with Crippen LogP contribution in [-0.4, -0.2) is 56.6 Å². The summed E-state index contributed by atoms with van der Waals surface area (Å²) in [6.45, 7) is 0. The summed E-state index contributed by atoms with van der Waals surface area (Å²) < 4.78 is 39.0. The Kier molecular flexibility index (Phi) is 12.8. The van der Waals surface area contributed by atoms with Gasteiger partial charge in [-0.1, -0.05) is 12.1 Å². The molecule has 1 aromatic carbocycles. The molecular formula is C16H14F3NO10. The number of aliphatic carboxylic acids is 4. The molecule has 1 amide bonds. The number of carboxylic acid groups (broad SMARTS) is 4. The summed E-state index contributed by atoms with van der Waals surface area (Å²) in [4.78, 5) is 48.9. The van der Waals surface area contributed by atoms with Crippen molar-refractivity contribution < 1.29 is 62.3 Å². The van der Waals surface area contributed by atoms with Crippen LogP contribution in [0.5, 0.6) is 5.75 Å². The van der Waals surface area contributed by atoms with Crippen LogP contribution in [0.3, 0.4) is 0 Å². The Hall–Kier alpha value is -4.36. The second-order valence-electron chi connectivity index (χ2n) is 4.43. The van der Waals surface area contributed by atoms with Crippen LogP contribution in [0.25, 0.3) is 0 Å². The van der Waals surface area contributed by atoms with E-state index in [-0.39, 0.29) is 5.56 Å². The number of rotatable bonds is 6. The zero-order chi connectivity index (χ0) is 23.9. The number of hydrogen-bond acceptors (Lipinski definition) is 6. The normalized spacial score (nSPS) is 10.2. The molecule has 0 heterocycles. The lowest BCUT2D eigenvalue weighted by Gasteiger charge is -2.10. The lowest BCUT2D eigenvalue weighted by atomic mass is 10.2. The third-order valence-corrected chi connectivity index (χ3v) is 2.12. The topological polar surface area (TPSA) is 202 Å². The van der Waals surface area contributed by atoms with Crippen LogP contribution < -0.4 is 10.5 Å². The van der Waals surface area contributed by atoms with E-state index in [1.165, 1.54) is 12.1 Å². The molecule has 164 valence electrons. The number of alkyl halides is 3. The van der Waals surface area contributed by atoms with Gasteiger partial charge >= 0.3 is 30.2 Å². The molecule has 0 saturated heterocycles. The van der Waals surface area contributed by atoms with E-state index in [2.05, 4.69) is 4.74 Å². The zero-order valence-corrected chi connectivity index (χ0v) is 14.6. The molecule has 14 heteroatoms. The maximum absolute atomic E-state index is 11.8. The molecule has 0 aliphatic carbocycles. The fraction of sp³-hybridized carbons (Fsp3) is 0.0625. The highest BCUT2D eigenvalue weighted by molar-refractivity contribution is 5.95. The van der Waals surface area contributed by atoms with E-state index in [1.54, 1.807) is 0 Å². The molecule has 0 fully saturated rings. The number of halogens is 3. The highest BCUT2D eigenvalue weighted by atomic mass is 19.4. The largest absolute Gasteiger partial charge is 0.573 e. The first-order valence-corrected chi connectivity index (χ1v) is 7.08. The minimum absolute atomic E-state index is 0.301. The molecular weight excluding hydrogens is 423 g/mol. The standard InChI is InChI=1S/C8H6F3NO2.2C4H4O4/c9-8(10,11)14-6-4-2-1-3-5(6)7(12)13;2*5-3(6)1-2-4(7)8/h1-4H,(H2,12,13);2*1-2H,(H,5,6)(H,7,8)/b;2*2-1-. The molecule has 0 atom stereocenters. The van der Waals surface area contributed by atoms with Gasteiger partial charge in [0, 0.05) is 24.3 Å². The number of nitrogens with two attached hydrogens (primary N) is 1. The monoisotopic (exact) mass is 437 g/mol. The molecule has 1 aromatic rings. The van der Waals surface area contributed by atoms with E-state index in [0.717, 1.165) is 12.1 Å². The average Bonchev–Trinajstić information content (AvgIpc) is 2.58. The van der Waals surface area contributed by atoms with Crippen molar-refractivity contribution >= 4 is 29.8 Å². The van der Waals surface area contributed by atoms with Gasteiger partial charge in [0.05, 0.1) is 5.56 Å². The lowest BCUT2D eigenvalue weighted by Crippen LogP contribution is -2.20. The summed E-state index contributed by atoms with van der Waals surface area (Å²) in [7, 11) is 0. The van der Waals surface area contributed by atoms with Crippen molar-refractivity contribution in [1.29, 1.82) is 0 Å². The van der Waals surface area contributed by atoms with Crippen LogP contribution in [-0.2, 0) is 19.2 Å². The van der Waals surface area contributed by atoms with E-state index in [0.29, 0.717) is 24.3 Å². The maximum atomic E-state index is 11.8. The van der Waals surface area contributed by atoms with Crippen LogP contribution in [0.1, 0.15) is 10.4 Å². The molecule has 0 spiro atoms. The molecule has 30 heavy (non-hydrogen) atoms. The second-order valence-corrected chi connectivity index (χ2v) is 4.43. The van der Waals surface area contributed by atoms with Crippen molar-refractivity contribution in [2.24, 2.45) is 5.73 Å². The predicted octanol–water partition coefficient (Wildman–Crippen LogP) is 1.11. The van der Waals surface area contributed by atoms with Crippen molar-refractivity contribution in [3.8, 4) is 5.75 Å². The summed E-state index contributed by atoms with van der Waals surface area (Å²) in [5.74, 6) is -6.59. The van der Waals surface area contributed by atoms with Gasteiger partial charge in [0.15, 0.2) is 0 Å². The maximum Gasteiger partial charge on any atom is 0.573 e. The number of carbonyl (C=O) groups is 5. The highest BCUT2D eigenvalue weighted by Gasteiger charge is 2.32. The molecule has 0 aromatic heterocycles. The number of benzene rings is 1. The van der Waals surface area contributed by atoms with E-state index in [4.69, 9.17) is 26.2 Å². The number of carbonyl (C=O) groups excluding carboxylic acids is 1. The van der Waals surface area contributed by atoms with Gasteiger partial charge in [-0.3, -0.25) is 4.79 Å². The van der Waals surface area contributed by atoms with Gasteiger partial charge in [-0.2, -0.15) is 0 Å². The fourth-order valence-electron chi connectivity index (χ4n) is 1.17. The van der Waals surface area contributed by atoms with Crippen LogP contribution in [0.15, 0.2) is 48.6 Å². The zero-order valence-electron chi connectivity index (χ0n) is 14.6. The smallest absolute Gasteiger partial charge is 0.478 e. The van der Waals surface area contributed by atoms with Crippen molar-refractivity contribution in [2.75, 3.05) is 0 Å². The Morgan fingerprint density at radius 1 is 0.767 bits per heavy atom. The average molecular weight is 437 g/mol. The molecule has 0 saturated carbocycles. The summed E-state index contributed by atoms with van der Waals surface area (Å²) >= 11 is 0. The summed E-state index contributed by atoms with van der Waals surface area (Å²) in [5, 5.41) is 31.2. The molecule has 0 radical (unpaired) electrons. The quantitative estimate of drug-likeness (QED) is 0.401. The third kappa shape index (κ3) is 18.4. The first-order chi connectivity index (χ1) is 13.7. The minimum atomic E-state index is -4.83. The van der Waals surface area contributed by atoms with Crippen molar-refractivity contribution in [1.82, 2.24) is 0 Å². The van der Waals surface area contributed by atoms with Crippen molar-refractivity contribution in [3.63, 3.8) is 0 Å². The fourth-order valence-corrected chi connectivity index (χ4v) is 1.17. The van der Waals surface area contributed by atoms with Gasteiger partial charge in [0.25, 0.3) is 5.91 Å². The van der Waals surface area contributed by atoms with Crippen LogP contribution in [0.2, 0.25) is 0 Å². The van der Waals surface area contributed by atoms with Gasteiger partial charge < -0.3 is 30.9 Å². The van der Waals surface area contributed by atoms with E-state index in [9.17, 15) is 37.1 Å². The van der Waals surface area contributed by atoms with Crippen LogP contribution in [0.4, 0.5) is 13.2 Å². The van der Waals surface area contributed by atoms with Crippen LogP contribution >= 0.6 is 0 Å². The first-order valence-electron chi connectivity index (χ1n) is 7.08. The molecule has 0 unspecified atom stereocenters. The Bertz CT molecular complexity index is 765. The number of hydrogen-bond donors (Lipinski definition) is 5. The Morgan fingerprint density at radius 2 is 1.10 bits per heavy atom. The summed E-state index contributed by atoms with van der Waals surface area (Å²) in [6, 6.07) is 4.88. The minimum Gasteiger partial charge on any atom is -0.478 e. The summed E-state index contributed by atoms with van der Waals surface area (Å²) in [6.07, 6.45) is -2.60. The third-order valence-electron chi connectivity index (χ3n) is 2.12. The molecule has 0 aliphatic heterocycles. The number of carboxylic acids is 4. The van der Waals surface area contributed by atoms with Gasteiger partial charge in [0.2, 0.25) is 0 Å². The number of para-hydroxylation sites is 1. The molecule has 0 bridgehead atoms. The first kappa shape index (κ1) is 27.9. The number of ether oxygens (including phenoxy) is 1. The van der Waals surface area contributed by atoms with Gasteiger partial charge in [0.1, 0.15) is 5.75 Å². The Balaban J connectivity index is 0. The van der Waals surface area contributed by atoms with Gasteiger partial charge in [-0.15, -0.1) is 13.2 Å². The number of amides is 1. The number of primary amides is 1. The molecule has 6 N–H and O–H groups in total. The van der Waals surface area contributed by atoms with Crippen molar-refractivity contribution in [2.45, 2.75) is 6.36 Å². The molecule has 11 nitrogen and oxygen atoms in total. The Labute approximate surface area is 165 Å². The highest BCUT2D eigenvalue weighted by Crippen LogP contribution is 2.25. The van der Waals surface area contributed by atoms with Gasteiger partial charge in [-0.25, -0.2) is 19.2 Å². The van der Waals surface area contributed by atoms with E-state index >= 15 is 0 Å². The second kappa shape index (κ2) is 13.8. The SMILES string of the molecule is NC(=O)c1ccccc1OC(F)(F)F.O=C(O)/C=C\C(=O)O.O=C(O)/C=C\C(=O)O. The van der Waals surface area contributed by atoms with Gasteiger partial charge in [-0.05, 0) is 12.1 Å². The lowest BCUT2D eigenvalue weighted by molar-refractivity contribution is -0.274. The molecule has 1 rings (SSSR count). The van der Waals surface area contributed by atoms with Crippen molar-refractivity contribution in [3.05, 3.63) is 54.1 Å². The Morgan fingerprint density at radius 3 is 1.37 bits per heavy atom.